The van der Waals surface area contributed by atoms with Crippen molar-refractivity contribution in [3.8, 4) is 6.07 Å². The molecule has 1 rings (SSSR count). The van der Waals surface area contributed by atoms with E-state index in [1.807, 2.05) is 6.07 Å². The maximum absolute atomic E-state index is 10.9. The molecule has 0 spiro atoms. The number of halogens is 1. The van der Waals surface area contributed by atoms with E-state index in [-0.39, 0.29) is 23.2 Å². The predicted molar refractivity (Wildman–Crippen MR) is 49.7 cm³/mol. The zero-order valence-electron chi connectivity index (χ0n) is 7.45. The molecular formula is C9H7ClN2O2. The van der Waals surface area contributed by atoms with Crippen molar-refractivity contribution in [3.63, 3.8) is 0 Å². The number of carbonyl (C=O) groups is 1. The van der Waals surface area contributed by atoms with E-state index < -0.39 is 0 Å². The number of rotatable bonds is 2. The van der Waals surface area contributed by atoms with Gasteiger partial charge in [0.1, 0.15) is 16.9 Å². The Balaban J connectivity index is 2.93. The lowest BCUT2D eigenvalue weighted by Gasteiger charge is -2.00. The summed E-state index contributed by atoms with van der Waals surface area (Å²) in [4.78, 5) is 14.7. The highest BCUT2D eigenvalue weighted by Crippen LogP contribution is 2.11. The van der Waals surface area contributed by atoms with Gasteiger partial charge in [-0.1, -0.05) is 11.6 Å². The molecule has 0 saturated heterocycles. The topological polar surface area (TPSA) is 63.0 Å². The lowest BCUT2D eigenvalue weighted by molar-refractivity contribution is -0.139. The zero-order valence-corrected chi connectivity index (χ0v) is 8.21. The number of nitriles is 1. The van der Waals surface area contributed by atoms with Crippen molar-refractivity contribution in [3.05, 3.63) is 28.5 Å². The smallest absolute Gasteiger partial charge is 0.309 e. The molecule has 4 nitrogen and oxygen atoms in total. The number of pyridine rings is 1. The van der Waals surface area contributed by atoms with E-state index in [0.29, 0.717) is 5.56 Å². The van der Waals surface area contributed by atoms with Gasteiger partial charge < -0.3 is 4.74 Å². The fourth-order valence-electron chi connectivity index (χ4n) is 0.948. The van der Waals surface area contributed by atoms with Crippen molar-refractivity contribution in [1.29, 1.82) is 5.26 Å². The third-order valence-corrected chi connectivity index (χ3v) is 1.74. The summed E-state index contributed by atoms with van der Waals surface area (Å²) in [6.45, 7) is 0. The van der Waals surface area contributed by atoms with E-state index in [9.17, 15) is 4.79 Å². The molecule has 0 fully saturated rings. The highest BCUT2D eigenvalue weighted by Gasteiger charge is 2.06. The second-order valence-electron chi connectivity index (χ2n) is 2.55. The van der Waals surface area contributed by atoms with Crippen molar-refractivity contribution in [1.82, 2.24) is 4.98 Å². The van der Waals surface area contributed by atoms with E-state index in [1.165, 1.54) is 19.2 Å². The highest BCUT2D eigenvalue weighted by atomic mass is 35.5. The van der Waals surface area contributed by atoms with Gasteiger partial charge >= 0.3 is 5.97 Å². The molecule has 0 atom stereocenters. The average Bonchev–Trinajstić information content (AvgIpc) is 2.16. The second kappa shape index (κ2) is 4.58. The number of aromatic nitrogens is 1. The van der Waals surface area contributed by atoms with Gasteiger partial charge in [0.25, 0.3) is 0 Å². The molecule has 14 heavy (non-hydrogen) atoms. The number of carbonyl (C=O) groups excluding carboxylic acids is 1. The average molecular weight is 211 g/mol. The largest absolute Gasteiger partial charge is 0.469 e. The second-order valence-corrected chi connectivity index (χ2v) is 2.94. The minimum Gasteiger partial charge on any atom is -0.469 e. The maximum atomic E-state index is 10.9. The van der Waals surface area contributed by atoms with Gasteiger partial charge in [0.05, 0.1) is 13.5 Å². The van der Waals surface area contributed by atoms with Crippen LogP contribution in [-0.2, 0) is 16.0 Å². The Morgan fingerprint density at radius 1 is 1.71 bits per heavy atom. The summed E-state index contributed by atoms with van der Waals surface area (Å²) in [5.74, 6) is -0.379. The first-order chi connectivity index (χ1) is 6.65. The Kier molecular flexibility index (Phi) is 3.43. The SMILES string of the molecule is COC(=O)Cc1cc(Cl)nc(C#N)c1. The van der Waals surface area contributed by atoms with Gasteiger partial charge in [-0.3, -0.25) is 4.79 Å². The Bertz CT molecular complexity index is 398. The molecule has 0 aliphatic carbocycles. The Morgan fingerprint density at radius 2 is 2.43 bits per heavy atom. The number of nitrogens with zero attached hydrogens (tertiary/aromatic N) is 2. The molecule has 0 aromatic carbocycles. The molecule has 0 N–H and O–H groups in total. The van der Waals surface area contributed by atoms with E-state index >= 15 is 0 Å². The van der Waals surface area contributed by atoms with Crippen LogP contribution in [0, 0.1) is 11.3 Å². The molecular weight excluding hydrogens is 204 g/mol. The number of methoxy groups -OCH3 is 1. The molecule has 0 saturated carbocycles. The molecule has 5 heteroatoms. The van der Waals surface area contributed by atoms with Crippen LogP contribution in [0.4, 0.5) is 0 Å². The first-order valence-electron chi connectivity index (χ1n) is 3.79. The summed E-state index contributed by atoms with van der Waals surface area (Å²) in [7, 11) is 1.30. The summed E-state index contributed by atoms with van der Waals surface area (Å²) in [6, 6.07) is 4.88. The maximum Gasteiger partial charge on any atom is 0.309 e. The number of esters is 1. The van der Waals surface area contributed by atoms with E-state index in [1.54, 1.807) is 0 Å². The Morgan fingerprint density at radius 3 is 3.00 bits per heavy atom. The summed E-state index contributed by atoms with van der Waals surface area (Å²) in [5, 5.41) is 8.79. The standard InChI is InChI=1S/C9H7ClN2O2/c1-14-9(13)4-6-2-7(5-11)12-8(10)3-6/h2-3H,4H2,1H3. The summed E-state index contributed by atoms with van der Waals surface area (Å²) in [5.41, 5.74) is 0.810. The van der Waals surface area contributed by atoms with Gasteiger partial charge in [-0.15, -0.1) is 0 Å². The van der Waals surface area contributed by atoms with Crippen LogP contribution < -0.4 is 0 Å². The minimum absolute atomic E-state index is 0.0907. The van der Waals surface area contributed by atoms with Crippen LogP contribution in [0.15, 0.2) is 12.1 Å². The molecule has 1 aromatic rings. The van der Waals surface area contributed by atoms with Crippen molar-refractivity contribution in [2.75, 3.05) is 7.11 Å². The minimum atomic E-state index is -0.379. The molecule has 0 unspecified atom stereocenters. The van der Waals surface area contributed by atoms with Crippen LogP contribution in [0.2, 0.25) is 5.15 Å². The van der Waals surface area contributed by atoms with Gasteiger partial charge in [-0.05, 0) is 17.7 Å². The highest BCUT2D eigenvalue weighted by molar-refractivity contribution is 6.29. The molecule has 72 valence electrons. The molecule has 0 aliphatic rings. The molecule has 1 aromatic heterocycles. The van der Waals surface area contributed by atoms with Gasteiger partial charge in [0.15, 0.2) is 0 Å². The summed E-state index contributed by atoms with van der Waals surface area (Å²) < 4.78 is 4.48. The van der Waals surface area contributed by atoms with Crippen LogP contribution in [-0.4, -0.2) is 18.1 Å². The van der Waals surface area contributed by atoms with Gasteiger partial charge in [-0.25, -0.2) is 4.98 Å². The fraction of sp³-hybridized carbons (Fsp3) is 0.222. The first kappa shape index (κ1) is 10.5. The molecule has 1 heterocycles. The molecule has 0 bridgehead atoms. The van der Waals surface area contributed by atoms with Crippen molar-refractivity contribution < 1.29 is 9.53 Å². The van der Waals surface area contributed by atoms with Crippen molar-refractivity contribution >= 4 is 17.6 Å². The summed E-state index contributed by atoms with van der Waals surface area (Å²) in [6.07, 6.45) is 0.0907. The van der Waals surface area contributed by atoms with Crippen molar-refractivity contribution in [2.24, 2.45) is 0 Å². The number of ether oxygens (including phenoxy) is 1. The van der Waals surface area contributed by atoms with Gasteiger partial charge in [-0.2, -0.15) is 5.26 Å². The van der Waals surface area contributed by atoms with Gasteiger partial charge in [0, 0.05) is 0 Å². The van der Waals surface area contributed by atoms with Crippen LogP contribution in [0.25, 0.3) is 0 Å². The molecule has 0 aliphatic heterocycles. The lowest BCUT2D eigenvalue weighted by atomic mass is 10.2. The molecule has 0 amide bonds. The monoisotopic (exact) mass is 210 g/mol. The quantitative estimate of drug-likeness (QED) is 0.546. The van der Waals surface area contributed by atoms with E-state index in [4.69, 9.17) is 16.9 Å². The number of hydrogen-bond donors (Lipinski definition) is 0. The van der Waals surface area contributed by atoms with Crippen LogP contribution in [0.5, 0.6) is 0 Å². The van der Waals surface area contributed by atoms with E-state index in [0.717, 1.165) is 0 Å². The van der Waals surface area contributed by atoms with Crippen LogP contribution in [0.3, 0.4) is 0 Å². The lowest BCUT2D eigenvalue weighted by Crippen LogP contribution is -2.05. The number of hydrogen-bond acceptors (Lipinski definition) is 4. The van der Waals surface area contributed by atoms with Gasteiger partial charge in [0.2, 0.25) is 0 Å². The third-order valence-electron chi connectivity index (χ3n) is 1.54. The van der Waals surface area contributed by atoms with Crippen LogP contribution >= 0.6 is 11.6 Å². The first-order valence-corrected chi connectivity index (χ1v) is 4.17. The van der Waals surface area contributed by atoms with Crippen molar-refractivity contribution in [2.45, 2.75) is 6.42 Å². The Hall–Kier alpha value is -1.60. The predicted octanol–water partition coefficient (Wildman–Crippen LogP) is 1.32. The third kappa shape index (κ3) is 2.71. The zero-order chi connectivity index (χ0) is 10.6. The molecule has 0 radical (unpaired) electrons. The van der Waals surface area contributed by atoms with Crippen LogP contribution in [0.1, 0.15) is 11.3 Å². The normalized spacial score (nSPS) is 9.21. The van der Waals surface area contributed by atoms with E-state index in [2.05, 4.69) is 9.72 Å². The fourth-order valence-corrected chi connectivity index (χ4v) is 1.18. The Labute approximate surface area is 86.1 Å². The summed E-state index contributed by atoms with van der Waals surface area (Å²) >= 11 is 5.64.